The first kappa shape index (κ1) is 13.7. The predicted octanol–water partition coefficient (Wildman–Crippen LogP) is 3.46. The fraction of sp³-hybridized carbons (Fsp3) is 0.692. The van der Waals surface area contributed by atoms with Crippen LogP contribution in [0.25, 0.3) is 0 Å². The van der Waals surface area contributed by atoms with Crippen molar-refractivity contribution >= 4 is 11.3 Å². The molecule has 1 aromatic heterocycles. The Kier molecular flexibility index (Phi) is 6.03. The molecule has 1 N–H and O–H groups in total. The normalized spacial score (nSPS) is 13.6. The average molecular weight is 241 g/mol. The molecule has 0 aromatic carbocycles. The molecule has 0 saturated heterocycles. The highest BCUT2D eigenvalue weighted by atomic mass is 32.1. The van der Waals surface area contributed by atoms with Crippen LogP contribution in [0.4, 0.5) is 0 Å². The van der Waals surface area contributed by atoms with Gasteiger partial charge in [-0.15, -0.1) is 11.3 Å². The van der Waals surface area contributed by atoms with E-state index in [9.17, 15) is 0 Å². The molecule has 1 unspecified atom stereocenters. The number of hydrogen-bond acceptors (Lipinski definition) is 3. The molecule has 1 atom stereocenters. The van der Waals surface area contributed by atoms with Gasteiger partial charge in [0.15, 0.2) is 0 Å². The van der Waals surface area contributed by atoms with Crippen LogP contribution in [-0.2, 0) is 4.74 Å². The first-order valence-corrected chi connectivity index (χ1v) is 6.87. The SMILES string of the molecule is CC(C)OCCNC(c1cccs1)C(C)C. The van der Waals surface area contributed by atoms with Gasteiger partial charge in [-0.3, -0.25) is 0 Å². The van der Waals surface area contributed by atoms with E-state index in [-0.39, 0.29) is 0 Å². The molecule has 92 valence electrons. The first-order valence-electron chi connectivity index (χ1n) is 5.99. The van der Waals surface area contributed by atoms with Crippen LogP contribution in [0, 0.1) is 5.92 Å². The summed E-state index contributed by atoms with van der Waals surface area (Å²) in [7, 11) is 0. The average Bonchev–Trinajstić information content (AvgIpc) is 2.69. The Labute approximate surface area is 103 Å². The summed E-state index contributed by atoms with van der Waals surface area (Å²) in [5.74, 6) is 0.609. The van der Waals surface area contributed by atoms with Crippen LogP contribution in [0.2, 0.25) is 0 Å². The molecule has 3 heteroatoms. The highest BCUT2D eigenvalue weighted by Gasteiger charge is 2.15. The molecule has 1 aromatic rings. The lowest BCUT2D eigenvalue weighted by Gasteiger charge is -2.21. The third-order valence-electron chi connectivity index (χ3n) is 2.43. The Morgan fingerprint density at radius 2 is 2.06 bits per heavy atom. The third-order valence-corrected chi connectivity index (χ3v) is 3.39. The minimum atomic E-state index is 0.320. The van der Waals surface area contributed by atoms with E-state index in [4.69, 9.17) is 4.74 Å². The van der Waals surface area contributed by atoms with Gasteiger partial charge in [0.2, 0.25) is 0 Å². The largest absolute Gasteiger partial charge is 0.377 e. The van der Waals surface area contributed by atoms with Crippen molar-refractivity contribution in [2.45, 2.75) is 39.8 Å². The fourth-order valence-corrected chi connectivity index (χ4v) is 2.62. The van der Waals surface area contributed by atoms with Crippen molar-refractivity contribution < 1.29 is 4.74 Å². The third kappa shape index (κ3) is 4.64. The van der Waals surface area contributed by atoms with Crippen molar-refractivity contribution in [2.75, 3.05) is 13.2 Å². The second kappa shape index (κ2) is 7.05. The lowest BCUT2D eigenvalue weighted by molar-refractivity contribution is 0.0784. The Morgan fingerprint density at radius 3 is 2.56 bits per heavy atom. The molecular formula is C13H23NOS. The maximum atomic E-state index is 5.53. The van der Waals surface area contributed by atoms with E-state index < -0.39 is 0 Å². The van der Waals surface area contributed by atoms with Crippen LogP contribution in [0.1, 0.15) is 38.6 Å². The van der Waals surface area contributed by atoms with Crippen molar-refractivity contribution in [1.82, 2.24) is 5.32 Å². The molecule has 0 aliphatic heterocycles. The Balaban J connectivity index is 2.35. The summed E-state index contributed by atoms with van der Waals surface area (Å²) < 4.78 is 5.53. The topological polar surface area (TPSA) is 21.3 Å². The van der Waals surface area contributed by atoms with Gasteiger partial charge in [-0.25, -0.2) is 0 Å². The van der Waals surface area contributed by atoms with E-state index >= 15 is 0 Å². The van der Waals surface area contributed by atoms with Crippen molar-refractivity contribution in [3.8, 4) is 0 Å². The van der Waals surface area contributed by atoms with Gasteiger partial charge in [0.25, 0.3) is 0 Å². The van der Waals surface area contributed by atoms with E-state index in [0.717, 1.165) is 13.2 Å². The molecule has 0 fully saturated rings. The van der Waals surface area contributed by atoms with Crippen LogP contribution in [0.5, 0.6) is 0 Å². The van der Waals surface area contributed by atoms with Crippen LogP contribution >= 0.6 is 11.3 Å². The second-order valence-electron chi connectivity index (χ2n) is 4.61. The summed E-state index contributed by atoms with van der Waals surface area (Å²) >= 11 is 1.82. The van der Waals surface area contributed by atoms with Gasteiger partial charge in [0.05, 0.1) is 12.7 Å². The molecule has 0 radical (unpaired) electrons. The summed E-state index contributed by atoms with van der Waals surface area (Å²) in [6.45, 7) is 10.3. The summed E-state index contributed by atoms with van der Waals surface area (Å²) in [4.78, 5) is 1.42. The summed E-state index contributed by atoms with van der Waals surface area (Å²) in [6, 6.07) is 4.77. The zero-order valence-corrected chi connectivity index (χ0v) is 11.5. The zero-order chi connectivity index (χ0) is 12.0. The molecule has 0 bridgehead atoms. The standard InChI is InChI=1S/C13H23NOS/c1-10(2)13(12-6-5-9-16-12)14-7-8-15-11(3)4/h5-6,9-11,13-14H,7-8H2,1-4H3. The predicted molar refractivity (Wildman–Crippen MR) is 71.0 cm³/mol. The second-order valence-corrected chi connectivity index (χ2v) is 5.59. The number of thiophene rings is 1. The lowest BCUT2D eigenvalue weighted by atomic mass is 10.0. The smallest absolute Gasteiger partial charge is 0.0594 e. The van der Waals surface area contributed by atoms with Crippen molar-refractivity contribution in [3.05, 3.63) is 22.4 Å². The monoisotopic (exact) mass is 241 g/mol. The number of ether oxygens (including phenoxy) is 1. The molecule has 0 aliphatic carbocycles. The molecule has 0 spiro atoms. The van der Waals surface area contributed by atoms with E-state index in [1.54, 1.807) is 0 Å². The molecule has 1 rings (SSSR count). The van der Waals surface area contributed by atoms with Crippen molar-refractivity contribution in [1.29, 1.82) is 0 Å². The van der Waals surface area contributed by atoms with Gasteiger partial charge in [-0.1, -0.05) is 19.9 Å². The van der Waals surface area contributed by atoms with Crippen LogP contribution in [0.3, 0.4) is 0 Å². The van der Waals surface area contributed by atoms with Gasteiger partial charge in [0, 0.05) is 17.5 Å². The number of nitrogens with one attached hydrogen (secondary N) is 1. The summed E-state index contributed by atoms with van der Waals surface area (Å²) in [6.07, 6.45) is 0.320. The maximum absolute atomic E-state index is 5.53. The minimum Gasteiger partial charge on any atom is -0.377 e. The number of rotatable bonds is 7. The summed E-state index contributed by atoms with van der Waals surface area (Å²) in [5.41, 5.74) is 0. The molecule has 0 aliphatic rings. The maximum Gasteiger partial charge on any atom is 0.0594 e. The molecule has 0 saturated carbocycles. The molecule has 16 heavy (non-hydrogen) atoms. The van der Waals surface area contributed by atoms with Gasteiger partial charge >= 0.3 is 0 Å². The molecule has 0 amide bonds. The van der Waals surface area contributed by atoms with Crippen LogP contribution in [-0.4, -0.2) is 19.3 Å². The Bertz CT molecular complexity index is 269. The first-order chi connectivity index (χ1) is 7.61. The highest BCUT2D eigenvalue weighted by Crippen LogP contribution is 2.25. The lowest BCUT2D eigenvalue weighted by Crippen LogP contribution is -2.29. The Morgan fingerprint density at radius 1 is 1.31 bits per heavy atom. The van der Waals surface area contributed by atoms with E-state index in [1.165, 1.54) is 4.88 Å². The van der Waals surface area contributed by atoms with Gasteiger partial charge in [-0.05, 0) is 31.2 Å². The highest BCUT2D eigenvalue weighted by molar-refractivity contribution is 7.10. The van der Waals surface area contributed by atoms with Gasteiger partial charge in [-0.2, -0.15) is 0 Å². The van der Waals surface area contributed by atoms with Crippen molar-refractivity contribution in [3.63, 3.8) is 0 Å². The van der Waals surface area contributed by atoms with Gasteiger partial charge in [0.1, 0.15) is 0 Å². The van der Waals surface area contributed by atoms with Crippen LogP contribution in [0.15, 0.2) is 17.5 Å². The molecule has 2 nitrogen and oxygen atoms in total. The van der Waals surface area contributed by atoms with E-state index in [1.807, 2.05) is 11.3 Å². The minimum absolute atomic E-state index is 0.320. The fourth-order valence-electron chi connectivity index (χ4n) is 1.64. The van der Waals surface area contributed by atoms with Crippen molar-refractivity contribution in [2.24, 2.45) is 5.92 Å². The number of hydrogen-bond donors (Lipinski definition) is 1. The molecular weight excluding hydrogens is 218 g/mol. The molecule has 1 heterocycles. The van der Waals surface area contributed by atoms with Gasteiger partial charge < -0.3 is 10.1 Å². The Hall–Kier alpha value is -0.380. The van der Waals surface area contributed by atoms with E-state index in [2.05, 4.69) is 50.5 Å². The van der Waals surface area contributed by atoms with E-state index in [0.29, 0.717) is 18.1 Å². The summed E-state index contributed by atoms with van der Waals surface area (Å²) in [5, 5.41) is 5.70. The quantitative estimate of drug-likeness (QED) is 0.738. The zero-order valence-electron chi connectivity index (χ0n) is 10.7. The van der Waals surface area contributed by atoms with Crippen LogP contribution < -0.4 is 5.32 Å².